The van der Waals surface area contributed by atoms with Gasteiger partial charge in [0.15, 0.2) is 6.10 Å². The Morgan fingerprint density at radius 1 is 0.400 bits per heavy atom. The van der Waals surface area contributed by atoms with Crippen LogP contribution in [-0.2, 0) is 42.2 Å². The van der Waals surface area contributed by atoms with Crippen molar-refractivity contribution in [2.24, 2.45) is 0 Å². The molecule has 12 heteroatoms. The molecule has 406 valence electrons. The number of aliphatic hydroxyl groups is 1. The average Bonchev–Trinajstić information content (AvgIpc) is 3.35. The Morgan fingerprint density at radius 2 is 0.729 bits per heavy atom. The summed E-state index contributed by atoms with van der Waals surface area (Å²) in [5.74, 6) is -1.49. The van der Waals surface area contributed by atoms with E-state index in [1.807, 2.05) is 0 Å². The van der Waals surface area contributed by atoms with Gasteiger partial charge in [-0.05, 0) is 83.5 Å². The maximum Gasteiger partial charge on any atom is 0.472 e. The summed E-state index contributed by atoms with van der Waals surface area (Å²) in [6.07, 6.45) is 56.1. The van der Waals surface area contributed by atoms with Crippen LogP contribution in [0.1, 0.15) is 252 Å². The molecule has 70 heavy (non-hydrogen) atoms. The first-order valence-electron chi connectivity index (χ1n) is 28.2. The van der Waals surface area contributed by atoms with E-state index in [9.17, 15) is 28.9 Å². The van der Waals surface area contributed by atoms with Gasteiger partial charge in [0.1, 0.15) is 12.7 Å². The molecule has 0 saturated heterocycles. The van der Waals surface area contributed by atoms with Gasteiger partial charge < -0.3 is 24.2 Å². The molecule has 11 nitrogen and oxygen atoms in total. The van der Waals surface area contributed by atoms with Crippen LogP contribution in [0.25, 0.3) is 0 Å². The van der Waals surface area contributed by atoms with Crippen LogP contribution in [0.5, 0.6) is 0 Å². The van der Waals surface area contributed by atoms with Gasteiger partial charge in [0.25, 0.3) is 0 Å². The Labute approximate surface area is 427 Å². The summed E-state index contributed by atoms with van der Waals surface area (Å²) in [4.78, 5) is 48.4. The van der Waals surface area contributed by atoms with Crippen LogP contribution in [0, 0.1) is 0 Å². The van der Waals surface area contributed by atoms with Gasteiger partial charge in [-0.3, -0.25) is 23.4 Å². The molecule has 0 aromatic heterocycles. The third kappa shape index (κ3) is 50.1. The first-order chi connectivity index (χ1) is 34.2. The van der Waals surface area contributed by atoms with Gasteiger partial charge in [0, 0.05) is 19.3 Å². The summed E-state index contributed by atoms with van der Waals surface area (Å²) in [5.41, 5.74) is 0. The number of allylic oxidation sites excluding steroid dienone is 10. The molecular formula is C58H103O11P. The Bertz CT molecular complexity index is 1410. The van der Waals surface area contributed by atoms with Gasteiger partial charge in [0.05, 0.1) is 19.8 Å². The highest BCUT2D eigenvalue weighted by Crippen LogP contribution is 2.43. The molecule has 3 unspecified atom stereocenters. The highest BCUT2D eigenvalue weighted by molar-refractivity contribution is 7.47. The number of rotatable bonds is 52. The lowest BCUT2D eigenvalue weighted by Crippen LogP contribution is -2.30. The number of carbonyl (C=O) groups is 3. The van der Waals surface area contributed by atoms with Gasteiger partial charge in [-0.25, -0.2) is 4.57 Å². The molecule has 0 aliphatic heterocycles. The van der Waals surface area contributed by atoms with E-state index < -0.39 is 57.8 Å². The van der Waals surface area contributed by atoms with Crippen LogP contribution in [-0.4, -0.2) is 66.5 Å². The van der Waals surface area contributed by atoms with E-state index in [4.69, 9.17) is 23.3 Å². The molecule has 0 saturated carbocycles. The number of esters is 3. The number of hydrogen-bond donors (Lipinski definition) is 2. The topological polar surface area (TPSA) is 155 Å². The summed E-state index contributed by atoms with van der Waals surface area (Å²) in [5, 5.41) is 9.78. The van der Waals surface area contributed by atoms with E-state index in [-0.39, 0.29) is 25.9 Å². The molecule has 0 heterocycles. The van der Waals surface area contributed by atoms with E-state index in [1.165, 1.54) is 77.0 Å². The summed E-state index contributed by atoms with van der Waals surface area (Å²) in [6.45, 7) is 4.52. The van der Waals surface area contributed by atoms with E-state index in [2.05, 4.69) is 81.5 Å². The molecular weight excluding hydrogens is 904 g/mol. The zero-order valence-corrected chi connectivity index (χ0v) is 45.6. The molecule has 0 aliphatic rings. The van der Waals surface area contributed by atoms with Crippen molar-refractivity contribution in [2.45, 2.75) is 264 Å². The fourth-order valence-corrected chi connectivity index (χ4v) is 8.36. The van der Waals surface area contributed by atoms with Crippen LogP contribution < -0.4 is 0 Å². The second kappa shape index (κ2) is 52.5. The number of aliphatic hydroxyl groups excluding tert-OH is 1. The fourth-order valence-electron chi connectivity index (χ4n) is 7.58. The molecule has 2 N–H and O–H groups in total. The van der Waals surface area contributed by atoms with E-state index in [0.29, 0.717) is 19.3 Å². The van der Waals surface area contributed by atoms with Crippen molar-refractivity contribution in [3.05, 3.63) is 60.8 Å². The molecule has 0 aromatic carbocycles. The monoisotopic (exact) mass is 1010 g/mol. The number of unbranched alkanes of at least 4 members (excludes halogenated alkanes) is 25. The van der Waals surface area contributed by atoms with Crippen LogP contribution >= 0.6 is 7.82 Å². The third-order valence-corrected chi connectivity index (χ3v) is 12.8. The molecule has 0 amide bonds. The Morgan fingerprint density at radius 3 is 1.16 bits per heavy atom. The van der Waals surface area contributed by atoms with E-state index in [0.717, 1.165) is 116 Å². The lowest BCUT2D eigenvalue weighted by Gasteiger charge is -2.21. The molecule has 0 aliphatic carbocycles. The highest BCUT2D eigenvalue weighted by atomic mass is 31.2. The van der Waals surface area contributed by atoms with Gasteiger partial charge in [-0.15, -0.1) is 0 Å². The summed E-state index contributed by atoms with van der Waals surface area (Å²) in [6, 6.07) is 0. The maximum atomic E-state index is 12.9. The summed E-state index contributed by atoms with van der Waals surface area (Å²) < 4.78 is 39.4. The molecule has 0 spiro atoms. The van der Waals surface area contributed by atoms with E-state index in [1.54, 1.807) is 0 Å². The first kappa shape index (κ1) is 67.2. The van der Waals surface area contributed by atoms with Gasteiger partial charge in [-0.2, -0.15) is 0 Å². The van der Waals surface area contributed by atoms with Crippen LogP contribution in [0.15, 0.2) is 60.8 Å². The second-order valence-corrected chi connectivity index (χ2v) is 20.2. The molecule has 0 rings (SSSR count). The minimum atomic E-state index is -4.75. The number of phosphoric ester groups is 1. The van der Waals surface area contributed by atoms with Gasteiger partial charge in [0.2, 0.25) is 0 Å². The van der Waals surface area contributed by atoms with Crippen molar-refractivity contribution >= 4 is 25.7 Å². The lowest BCUT2D eigenvalue weighted by molar-refractivity contribution is -0.161. The predicted octanol–water partition coefficient (Wildman–Crippen LogP) is 16.4. The molecule has 0 bridgehead atoms. The van der Waals surface area contributed by atoms with Crippen LogP contribution in [0.4, 0.5) is 0 Å². The third-order valence-electron chi connectivity index (χ3n) is 11.9. The zero-order valence-electron chi connectivity index (χ0n) is 44.7. The number of carbonyl (C=O) groups excluding carboxylic acids is 3. The predicted molar refractivity (Wildman–Crippen MR) is 288 cm³/mol. The van der Waals surface area contributed by atoms with Crippen molar-refractivity contribution in [3.63, 3.8) is 0 Å². The second-order valence-electron chi connectivity index (χ2n) is 18.7. The number of hydrogen-bond acceptors (Lipinski definition) is 10. The maximum absolute atomic E-state index is 12.9. The van der Waals surface area contributed by atoms with Crippen molar-refractivity contribution in [3.8, 4) is 0 Å². The summed E-state index contributed by atoms with van der Waals surface area (Å²) in [7, 11) is -4.75. The molecule has 0 aromatic rings. The zero-order chi connectivity index (χ0) is 51.3. The molecule has 0 radical (unpaired) electrons. The number of phosphoric acid groups is 1. The number of ether oxygens (including phenoxy) is 3. The van der Waals surface area contributed by atoms with Gasteiger partial charge in [-0.1, -0.05) is 210 Å². The lowest BCUT2D eigenvalue weighted by atomic mass is 10.1. The van der Waals surface area contributed by atoms with Crippen molar-refractivity contribution < 1.29 is 52.2 Å². The largest absolute Gasteiger partial charge is 0.472 e. The van der Waals surface area contributed by atoms with Crippen molar-refractivity contribution in [2.75, 3.05) is 26.4 Å². The standard InChI is InChI=1S/C58H103O11P/c1-4-7-10-13-16-19-22-24-25-26-27-28-29-31-34-37-40-43-46-49-58(62)69-55(51-65-56(60)47-44-41-38-35-33-30-23-20-17-14-11-8-5-2)53-67-70(63,64)66-52-54(50-59)68-57(61)48-45-42-39-36-32-21-18-15-12-9-6-3/h11,14,16,19-20,23-25,27-28,54-55,59H,4-10,12-13,15,17-18,21-22,26,29-53H2,1-3H3,(H,63,64)/b14-11-,19-16-,23-20-,25-24-,28-27-. The smallest absolute Gasteiger partial charge is 0.462 e. The summed E-state index contributed by atoms with van der Waals surface area (Å²) >= 11 is 0. The average molecular weight is 1010 g/mol. The SMILES string of the molecule is CCC/C=C\C/C=C\CCCCCCCC(=O)OCC(COP(=O)(O)OCC(CO)OC(=O)CCCCCCCCCCCCC)OC(=O)CCCCCCCC/C=C\C/C=C\C/C=C\CCCCC. The van der Waals surface area contributed by atoms with E-state index >= 15 is 0 Å². The normalized spacial score (nSPS) is 13.8. The molecule has 3 atom stereocenters. The first-order valence-corrected chi connectivity index (χ1v) is 29.7. The Hall–Kier alpha value is -2.82. The van der Waals surface area contributed by atoms with Crippen LogP contribution in [0.2, 0.25) is 0 Å². The van der Waals surface area contributed by atoms with Crippen LogP contribution in [0.3, 0.4) is 0 Å². The quantitative estimate of drug-likeness (QED) is 0.0197. The van der Waals surface area contributed by atoms with Crippen molar-refractivity contribution in [1.29, 1.82) is 0 Å². The van der Waals surface area contributed by atoms with Crippen molar-refractivity contribution in [1.82, 2.24) is 0 Å². The molecule has 0 fully saturated rings. The Balaban J connectivity index is 4.75. The Kier molecular flexibility index (Phi) is 50.4. The minimum Gasteiger partial charge on any atom is -0.462 e. The van der Waals surface area contributed by atoms with Gasteiger partial charge >= 0.3 is 25.7 Å². The fraction of sp³-hybridized carbons (Fsp3) is 0.776. The highest BCUT2D eigenvalue weighted by Gasteiger charge is 2.28. The minimum absolute atomic E-state index is 0.150.